The second-order valence-electron chi connectivity index (χ2n) is 8.26. The lowest BCUT2D eigenvalue weighted by Gasteiger charge is -2.19. The highest BCUT2D eigenvalue weighted by atomic mass is 15.0. The molecule has 0 aliphatic carbocycles. The van der Waals surface area contributed by atoms with Crippen LogP contribution in [0.3, 0.4) is 0 Å². The molecule has 0 unspecified atom stereocenters. The molecule has 0 bridgehead atoms. The molecule has 2 aromatic carbocycles. The molecule has 4 atom stereocenters. The van der Waals surface area contributed by atoms with E-state index in [2.05, 4.69) is 76.4 Å². The number of nitrogens with one attached hydrogen (secondary N) is 2. The maximum Gasteiger partial charge on any atom is 0.0414 e. The molecule has 2 heteroatoms. The molecule has 132 valence electrons. The summed E-state index contributed by atoms with van der Waals surface area (Å²) in [6, 6.07) is 10.2. The Balaban J connectivity index is 1.82. The largest absolute Gasteiger partial charge is 0.382 e. The Bertz CT molecular complexity index is 836. The van der Waals surface area contributed by atoms with Crippen molar-refractivity contribution in [3.05, 3.63) is 57.6 Å². The van der Waals surface area contributed by atoms with Gasteiger partial charge in [-0.25, -0.2) is 0 Å². The zero-order valence-corrected chi connectivity index (χ0v) is 16.3. The van der Waals surface area contributed by atoms with Gasteiger partial charge in [0.1, 0.15) is 0 Å². The molecule has 2 aromatic rings. The summed E-state index contributed by atoms with van der Waals surface area (Å²) in [7, 11) is 0. The maximum atomic E-state index is 3.74. The van der Waals surface area contributed by atoms with E-state index in [0.717, 1.165) is 6.42 Å². The van der Waals surface area contributed by atoms with Gasteiger partial charge in [-0.15, -0.1) is 0 Å². The second-order valence-corrected chi connectivity index (χ2v) is 8.26. The molecule has 0 amide bonds. The molecule has 0 aromatic heterocycles. The van der Waals surface area contributed by atoms with Gasteiger partial charge >= 0.3 is 0 Å². The third kappa shape index (κ3) is 2.46. The molecule has 4 rings (SSSR count). The first-order valence-corrected chi connectivity index (χ1v) is 9.66. The first kappa shape index (κ1) is 16.5. The van der Waals surface area contributed by atoms with Crippen molar-refractivity contribution in [2.24, 2.45) is 0 Å². The van der Waals surface area contributed by atoms with Gasteiger partial charge < -0.3 is 10.6 Å². The monoisotopic (exact) mass is 334 g/mol. The van der Waals surface area contributed by atoms with E-state index in [1.165, 1.54) is 44.8 Å². The molecular weight excluding hydrogens is 304 g/mol. The van der Waals surface area contributed by atoms with Gasteiger partial charge in [-0.1, -0.05) is 32.0 Å². The van der Waals surface area contributed by atoms with Gasteiger partial charge in [0.25, 0.3) is 0 Å². The van der Waals surface area contributed by atoms with E-state index in [4.69, 9.17) is 0 Å². The van der Waals surface area contributed by atoms with Gasteiger partial charge in [0, 0.05) is 41.7 Å². The first-order valence-electron chi connectivity index (χ1n) is 9.66. The Morgan fingerprint density at radius 2 is 1.64 bits per heavy atom. The van der Waals surface area contributed by atoms with E-state index in [0.29, 0.717) is 23.9 Å². The predicted octanol–water partition coefficient (Wildman–Crippen LogP) is 5.73. The minimum absolute atomic E-state index is 0.509. The molecule has 0 saturated carbocycles. The van der Waals surface area contributed by atoms with Crippen molar-refractivity contribution in [3.63, 3.8) is 0 Å². The smallest absolute Gasteiger partial charge is 0.0414 e. The molecule has 2 N–H and O–H groups in total. The van der Waals surface area contributed by atoms with E-state index < -0.39 is 0 Å². The van der Waals surface area contributed by atoms with Gasteiger partial charge in [0.2, 0.25) is 0 Å². The number of aryl methyl sites for hydroxylation is 1. The molecule has 0 spiro atoms. The maximum absolute atomic E-state index is 3.74. The quantitative estimate of drug-likeness (QED) is 0.733. The molecule has 2 nitrogen and oxygen atoms in total. The minimum Gasteiger partial charge on any atom is -0.382 e. The third-order valence-corrected chi connectivity index (χ3v) is 6.77. The Kier molecular flexibility index (Phi) is 3.82. The van der Waals surface area contributed by atoms with Crippen LogP contribution in [0.2, 0.25) is 0 Å². The zero-order chi connectivity index (χ0) is 17.9. The van der Waals surface area contributed by atoms with Crippen LogP contribution in [-0.2, 0) is 6.42 Å². The van der Waals surface area contributed by atoms with Crippen molar-refractivity contribution < 1.29 is 0 Å². The lowest BCUT2D eigenvalue weighted by molar-refractivity contribution is 0.685. The van der Waals surface area contributed by atoms with Crippen LogP contribution in [0, 0.1) is 13.8 Å². The van der Waals surface area contributed by atoms with Gasteiger partial charge in [0.15, 0.2) is 0 Å². The lowest BCUT2D eigenvalue weighted by Crippen LogP contribution is -2.14. The average molecular weight is 335 g/mol. The van der Waals surface area contributed by atoms with Crippen LogP contribution in [0.4, 0.5) is 11.4 Å². The summed E-state index contributed by atoms with van der Waals surface area (Å²) in [5.74, 6) is 1.15. The Morgan fingerprint density at radius 3 is 2.40 bits per heavy atom. The van der Waals surface area contributed by atoms with E-state index in [1.807, 2.05) is 0 Å². The van der Waals surface area contributed by atoms with Crippen molar-refractivity contribution in [1.29, 1.82) is 0 Å². The fourth-order valence-corrected chi connectivity index (χ4v) is 4.63. The van der Waals surface area contributed by atoms with E-state index in [1.54, 1.807) is 0 Å². The van der Waals surface area contributed by atoms with Crippen LogP contribution in [0.5, 0.6) is 0 Å². The summed E-state index contributed by atoms with van der Waals surface area (Å²) in [4.78, 5) is 0. The summed E-state index contributed by atoms with van der Waals surface area (Å²) in [5, 5.41) is 7.43. The lowest BCUT2D eigenvalue weighted by atomic mass is 9.85. The Hall–Kier alpha value is -1.96. The molecule has 2 heterocycles. The molecular formula is C23H30N2. The summed E-state index contributed by atoms with van der Waals surface area (Å²) >= 11 is 0. The number of benzene rings is 2. The van der Waals surface area contributed by atoms with Crippen LogP contribution in [0.1, 0.15) is 72.9 Å². The third-order valence-electron chi connectivity index (χ3n) is 6.77. The minimum atomic E-state index is 0.509. The fraction of sp³-hybridized carbons (Fsp3) is 0.478. The number of rotatable bonds is 2. The molecule has 2 aliphatic heterocycles. The van der Waals surface area contributed by atoms with Crippen LogP contribution in [0.25, 0.3) is 0 Å². The van der Waals surface area contributed by atoms with Crippen molar-refractivity contribution >= 4 is 11.4 Å². The highest BCUT2D eigenvalue weighted by Crippen LogP contribution is 2.43. The van der Waals surface area contributed by atoms with Crippen LogP contribution in [-0.4, -0.2) is 12.1 Å². The summed E-state index contributed by atoms with van der Waals surface area (Å²) in [6.07, 6.45) is 1.02. The van der Waals surface area contributed by atoms with Crippen molar-refractivity contribution in [2.75, 3.05) is 10.6 Å². The van der Waals surface area contributed by atoms with Crippen molar-refractivity contribution in [3.8, 4) is 0 Å². The van der Waals surface area contributed by atoms with Crippen LogP contribution >= 0.6 is 0 Å². The van der Waals surface area contributed by atoms with Gasteiger partial charge in [-0.05, 0) is 67.1 Å². The molecule has 0 radical (unpaired) electrons. The second kappa shape index (κ2) is 5.79. The normalized spacial score (nSPS) is 26.8. The van der Waals surface area contributed by atoms with Crippen LogP contribution in [0.15, 0.2) is 24.3 Å². The van der Waals surface area contributed by atoms with E-state index in [-0.39, 0.29) is 0 Å². The SMILES string of the molecule is Cc1cc2c(c(Cc3cccc4c3N[C@H](C)[C@@H]4C)c1C)[C@H](C)[C@H](C)N2. The summed E-state index contributed by atoms with van der Waals surface area (Å²) in [5.41, 5.74) is 11.6. The van der Waals surface area contributed by atoms with Crippen LogP contribution < -0.4 is 10.6 Å². The Morgan fingerprint density at radius 1 is 0.920 bits per heavy atom. The molecule has 25 heavy (non-hydrogen) atoms. The topological polar surface area (TPSA) is 24.1 Å². The number of para-hydroxylation sites is 1. The van der Waals surface area contributed by atoms with Crippen molar-refractivity contribution in [1.82, 2.24) is 0 Å². The predicted molar refractivity (Wildman–Crippen MR) is 108 cm³/mol. The fourth-order valence-electron chi connectivity index (χ4n) is 4.63. The number of hydrogen-bond acceptors (Lipinski definition) is 2. The highest BCUT2D eigenvalue weighted by molar-refractivity contribution is 5.69. The molecule has 2 aliphatic rings. The first-order chi connectivity index (χ1) is 11.9. The van der Waals surface area contributed by atoms with Gasteiger partial charge in [-0.2, -0.15) is 0 Å². The number of anilines is 2. The zero-order valence-electron chi connectivity index (χ0n) is 16.3. The highest BCUT2D eigenvalue weighted by Gasteiger charge is 2.31. The van der Waals surface area contributed by atoms with E-state index in [9.17, 15) is 0 Å². The summed E-state index contributed by atoms with van der Waals surface area (Å²) < 4.78 is 0. The molecule has 0 saturated heterocycles. The van der Waals surface area contributed by atoms with Crippen molar-refractivity contribution in [2.45, 2.75) is 71.9 Å². The van der Waals surface area contributed by atoms with Gasteiger partial charge in [-0.3, -0.25) is 0 Å². The summed E-state index contributed by atoms with van der Waals surface area (Å²) in [6.45, 7) is 13.8. The van der Waals surface area contributed by atoms with Gasteiger partial charge in [0.05, 0.1) is 0 Å². The molecule has 0 fully saturated rings. The van der Waals surface area contributed by atoms with E-state index >= 15 is 0 Å². The standard InChI is InChI=1S/C23H30N2/c1-12-10-21-22(15(4)17(6)24-21)20(13(12)2)11-18-8-7-9-19-14(3)16(5)25-23(18)19/h7-10,14-17,24-25H,11H2,1-6H3/t14-,15+,16+,17-/m0/s1. The number of hydrogen-bond donors (Lipinski definition) is 2. The number of fused-ring (bicyclic) bond motifs is 2. The average Bonchev–Trinajstić information content (AvgIpc) is 3.02. The Labute approximate surface area is 152 Å².